The van der Waals surface area contributed by atoms with E-state index in [9.17, 15) is 9.90 Å². The molecule has 0 aromatic heterocycles. The average Bonchev–Trinajstić information content (AvgIpc) is 2.22. The van der Waals surface area contributed by atoms with Gasteiger partial charge in [-0.15, -0.1) is 0 Å². The number of halogens is 1. The second-order valence-electron chi connectivity index (χ2n) is 2.73. The Balaban J connectivity index is 3.18. The van der Waals surface area contributed by atoms with Crippen molar-refractivity contribution in [3.05, 3.63) is 22.2 Å². The summed E-state index contributed by atoms with van der Waals surface area (Å²) in [6.07, 6.45) is 0. The van der Waals surface area contributed by atoms with Crippen LogP contribution in [0.3, 0.4) is 0 Å². The fraction of sp³-hybridized carbons (Fsp3) is 0.300. The normalized spacial score (nSPS) is 9.80. The molecule has 1 aromatic carbocycles. The van der Waals surface area contributed by atoms with Crippen LogP contribution in [0.5, 0.6) is 11.5 Å². The summed E-state index contributed by atoms with van der Waals surface area (Å²) in [6.45, 7) is 2.32. The van der Waals surface area contributed by atoms with Gasteiger partial charge in [0.25, 0.3) is 0 Å². The number of carbonyl (C=O) groups excluding carboxylic acids is 1. The zero-order valence-electron chi connectivity index (χ0n) is 8.41. The lowest BCUT2D eigenvalue weighted by molar-refractivity contribution is 0.0596. The van der Waals surface area contributed by atoms with Crippen molar-refractivity contribution in [2.45, 2.75) is 6.92 Å². The molecule has 1 N–H and O–H groups in total. The first kappa shape index (κ1) is 11.8. The van der Waals surface area contributed by atoms with Crippen molar-refractivity contribution in [1.29, 1.82) is 0 Å². The number of ether oxygens (including phenoxy) is 2. The molecule has 0 amide bonds. The van der Waals surface area contributed by atoms with Crippen molar-refractivity contribution in [3.8, 4) is 11.5 Å². The van der Waals surface area contributed by atoms with Crippen LogP contribution in [0.15, 0.2) is 16.6 Å². The monoisotopic (exact) mass is 274 g/mol. The van der Waals surface area contributed by atoms with Gasteiger partial charge in [0.1, 0.15) is 17.1 Å². The molecule has 0 aliphatic rings. The molecule has 0 heterocycles. The van der Waals surface area contributed by atoms with Crippen molar-refractivity contribution < 1.29 is 19.4 Å². The molecule has 1 aromatic rings. The van der Waals surface area contributed by atoms with Gasteiger partial charge in [-0.05, 0) is 35.0 Å². The van der Waals surface area contributed by atoms with Gasteiger partial charge < -0.3 is 14.6 Å². The van der Waals surface area contributed by atoms with Gasteiger partial charge >= 0.3 is 5.97 Å². The van der Waals surface area contributed by atoms with E-state index in [1.807, 2.05) is 6.92 Å². The highest BCUT2D eigenvalue weighted by atomic mass is 79.9. The molecule has 0 unspecified atom stereocenters. The van der Waals surface area contributed by atoms with Crippen molar-refractivity contribution in [2.24, 2.45) is 0 Å². The number of hydrogen-bond donors (Lipinski definition) is 1. The number of aromatic hydroxyl groups is 1. The third kappa shape index (κ3) is 2.62. The Labute approximate surface area is 95.9 Å². The predicted octanol–water partition coefficient (Wildman–Crippen LogP) is 2.34. The van der Waals surface area contributed by atoms with E-state index in [1.54, 1.807) is 6.07 Å². The van der Waals surface area contributed by atoms with E-state index in [0.717, 1.165) is 0 Å². The van der Waals surface area contributed by atoms with E-state index in [4.69, 9.17) is 4.74 Å². The van der Waals surface area contributed by atoms with E-state index < -0.39 is 5.97 Å². The molecule has 0 fully saturated rings. The molecule has 0 saturated heterocycles. The summed E-state index contributed by atoms with van der Waals surface area (Å²) in [5.74, 6) is -0.248. The molecule has 15 heavy (non-hydrogen) atoms. The van der Waals surface area contributed by atoms with E-state index in [-0.39, 0.29) is 11.3 Å². The van der Waals surface area contributed by atoms with Gasteiger partial charge in [0.05, 0.1) is 18.2 Å². The Morgan fingerprint density at radius 1 is 1.53 bits per heavy atom. The van der Waals surface area contributed by atoms with E-state index in [0.29, 0.717) is 16.8 Å². The maximum Gasteiger partial charge on any atom is 0.341 e. The summed E-state index contributed by atoms with van der Waals surface area (Å²) in [5, 5.41) is 9.59. The second-order valence-corrected chi connectivity index (χ2v) is 3.58. The van der Waals surface area contributed by atoms with Crippen LogP contribution in [-0.2, 0) is 4.74 Å². The van der Waals surface area contributed by atoms with E-state index in [2.05, 4.69) is 20.7 Å². The van der Waals surface area contributed by atoms with Crippen molar-refractivity contribution in [3.63, 3.8) is 0 Å². The van der Waals surface area contributed by atoms with Crippen molar-refractivity contribution in [1.82, 2.24) is 0 Å². The Bertz CT molecular complexity index is 376. The minimum Gasteiger partial charge on any atom is -0.506 e. The number of benzene rings is 1. The molecule has 4 nitrogen and oxygen atoms in total. The molecule has 82 valence electrons. The fourth-order valence-electron chi connectivity index (χ4n) is 1.09. The number of carbonyl (C=O) groups is 1. The molecule has 0 atom stereocenters. The highest BCUT2D eigenvalue weighted by molar-refractivity contribution is 9.10. The lowest BCUT2D eigenvalue weighted by Gasteiger charge is -2.08. The Kier molecular flexibility index (Phi) is 3.96. The largest absolute Gasteiger partial charge is 0.506 e. The topological polar surface area (TPSA) is 55.8 Å². The summed E-state index contributed by atoms with van der Waals surface area (Å²) in [7, 11) is 1.25. The first-order valence-electron chi connectivity index (χ1n) is 4.33. The Hall–Kier alpha value is -1.23. The third-order valence-corrected chi connectivity index (χ3v) is 2.36. The molecule has 0 aliphatic heterocycles. The standard InChI is InChI=1S/C10H11BrO4/c1-3-15-6-4-7(10(13)14-2)9(12)8(11)5-6/h4-5,12H,3H2,1-2H3. The molecule has 5 heteroatoms. The smallest absolute Gasteiger partial charge is 0.341 e. The van der Waals surface area contributed by atoms with Gasteiger partial charge in [-0.25, -0.2) is 4.79 Å². The van der Waals surface area contributed by atoms with Gasteiger partial charge in [0, 0.05) is 0 Å². The maximum absolute atomic E-state index is 11.3. The number of hydrogen-bond acceptors (Lipinski definition) is 4. The fourth-order valence-corrected chi connectivity index (χ4v) is 1.53. The molecular formula is C10H11BrO4. The SMILES string of the molecule is CCOc1cc(Br)c(O)c(C(=O)OC)c1. The van der Waals surface area contributed by atoms with Crippen molar-refractivity contribution in [2.75, 3.05) is 13.7 Å². The van der Waals surface area contributed by atoms with Crippen LogP contribution in [0, 0.1) is 0 Å². The summed E-state index contributed by atoms with van der Waals surface area (Å²) >= 11 is 3.13. The van der Waals surface area contributed by atoms with E-state index in [1.165, 1.54) is 13.2 Å². The molecule has 1 rings (SSSR count). The van der Waals surface area contributed by atoms with Crippen LogP contribution < -0.4 is 4.74 Å². The van der Waals surface area contributed by atoms with Crippen LogP contribution in [0.2, 0.25) is 0 Å². The number of esters is 1. The van der Waals surface area contributed by atoms with Gasteiger partial charge in [-0.2, -0.15) is 0 Å². The number of methoxy groups -OCH3 is 1. The van der Waals surface area contributed by atoms with Gasteiger partial charge in [0.15, 0.2) is 0 Å². The van der Waals surface area contributed by atoms with Crippen molar-refractivity contribution >= 4 is 21.9 Å². The molecule has 0 radical (unpaired) electrons. The first-order valence-corrected chi connectivity index (χ1v) is 5.13. The molecule has 0 saturated carbocycles. The Morgan fingerprint density at radius 2 is 2.20 bits per heavy atom. The quantitative estimate of drug-likeness (QED) is 0.860. The molecule has 0 bridgehead atoms. The van der Waals surface area contributed by atoms with Gasteiger partial charge in [0.2, 0.25) is 0 Å². The summed E-state index contributed by atoms with van der Waals surface area (Å²) in [4.78, 5) is 11.3. The predicted molar refractivity (Wildman–Crippen MR) is 58.3 cm³/mol. The van der Waals surface area contributed by atoms with Crippen LogP contribution in [0.4, 0.5) is 0 Å². The molecule has 0 aliphatic carbocycles. The maximum atomic E-state index is 11.3. The number of rotatable bonds is 3. The zero-order chi connectivity index (χ0) is 11.4. The first-order chi connectivity index (χ1) is 7.10. The van der Waals surface area contributed by atoms with Crippen LogP contribution in [0.1, 0.15) is 17.3 Å². The number of phenolic OH excluding ortho intramolecular Hbond substituents is 1. The summed E-state index contributed by atoms with van der Waals surface area (Å²) in [6, 6.07) is 3.03. The van der Waals surface area contributed by atoms with E-state index >= 15 is 0 Å². The van der Waals surface area contributed by atoms with Crippen LogP contribution in [-0.4, -0.2) is 24.8 Å². The van der Waals surface area contributed by atoms with Gasteiger partial charge in [-0.1, -0.05) is 0 Å². The molecular weight excluding hydrogens is 264 g/mol. The van der Waals surface area contributed by atoms with Crippen LogP contribution >= 0.6 is 15.9 Å². The van der Waals surface area contributed by atoms with Gasteiger partial charge in [-0.3, -0.25) is 0 Å². The minimum atomic E-state index is -0.602. The summed E-state index contributed by atoms with van der Waals surface area (Å²) < 4.78 is 10.2. The minimum absolute atomic E-state index is 0.0790. The second kappa shape index (κ2) is 5.02. The zero-order valence-corrected chi connectivity index (χ0v) is 10.00. The highest BCUT2D eigenvalue weighted by Crippen LogP contribution is 2.33. The molecule has 0 spiro atoms. The third-order valence-electron chi connectivity index (χ3n) is 1.75. The number of phenols is 1. The lowest BCUT2D eigenvalue weighted by Crippen LogP contribution is -2.03. The highest BCUT2D eigenvalue weighted by Gasteiger charge is 2.16. The van der Waals surface area contributed by atoms with Crippen LogP contribution in [0.25, 0.3) is 0 Å². The summed E-state index contributed by atoms with van der Waals surface area (Å²) in [5.41, 5.74) is 0.0790. The lowest BCUT2D eigenvalue weighted by atomic mass is 10.2. The average molecular weight is 275 g/mol. The Morgan fingerprint density at radius 3 is 2.73 bits per heavy atom.